The summed E-state index contributed by atoms with van der Waals surface area (Å²) in [5, 5.41) is 10.3. The summed E-state index contributed by atoms with van der Waals surface area (Å²) in [4.78, 5) is 34.5. The summed E-state index contributed by atoms with van der Waals surface area (Å²) >= 11 is 0. The van der Waals surface area contributed by atoms with Crippen LogP contribution in [0.3, 0.4) is 0 Å². The van der Waals surface area contributed by atoms with Crippen LogP contribution in [0.1, 0.15) is 16.8 Å². The second-order valence-electron chi connectivity index (χ2n) is 3.43. The van der Waals surface area contributed by atoms with Gasteiger partial charge in [-0.1, -0.05) is 12.1 Å². The maximum Gasteiger partial charge on any atom is 0.299 e. The summed E-state index contributed by atoms with van der Waals surface area (Å²) in [5.41, 5.74) is 0.796. The van der Waals surface area contributed by atoms with Crippen molar-refractivity contribution in [2.24, 2.45) is 0 Å². The molecule has 0 aromatic heterocycles. The van der Waals surface area contributed by atoms with Crippen molar-refractivity contribution in [2.45, 2.75) is 6.42 Å². The van der Waals surface area contributed by atoms with E-state index in [0.29, 0.717) is 11.3 Å². The number of carbonyl (C=O) groups excluding carboxylic acids is 3. The number of fused-ring (bicyclic) bond motifs is 1. The van der Waals surface area contributed by atoms with Gasteiger partial charge in [-0.25, -0.2) is 0 Å². The highest BCUT2D eigenvalue weighted by Gasteiger charge is 2.34. The number of carboxylic acids is 1. The largest absolute Gasteiger partial charge is 0.550 e. The summed E-state index contributed by atoms with van der Waals surface area (Å²) in [6.45, 7) is -0.0378. The number of benzene rings is 1. The Labute approximate surface area is 91.3 Å². The van der Waals surface area contributed by atoms with Gasteiger partial charge in [0.15, 0.2) is 0 Å². The van der Waals surface area contributed by atoms with Gasteiger partial charge in [-0.05, 0) is 12.1 Å². The van der Waals surface area contributed by atoms with Gasteiger partial charge < -0.3 is 14.8 Å². The van der Waals surface area contributed by atoms with Gasteiger partial charge >= 0.3 is 0 Å². The third kappa shape index (κ3) is 1.56. The number of anilines is 1. The summed E-state index contributed by atoms with van der Waals surface area (Å²) in [6, 6.07) is 6.52. The Balaban J connectivity index is 2.30. The van der Waals surface area contributed by atoms with E-state index in [1.807, 2.05) is 0 Å². The molecule has 0 unspecified atom stereocenters. The topological polar surface area (TPSA) is 77.5 Å². The Bertz CT molecular complexity index is 481. The molecule has 0 radical (unpaired) electrons. The molecule has 1 aliphatic heterocycles. The zero-order valence-electron chi connectivity index (χ0n) is 8.30. The van der Waals surface area contributed by atoms with Crippen LogP contribution in [0.25, 0.3) is 0 Å². The van der Waals surface area contributed by atoms with Crippen molar-refractivity contribution in [1.29, 1.82) is 0 Å². The van der Waals surface area contributed by atoms with Crippen LogP contribution in [0.2, 0.25) is 0 Å². The first-order valence-electron chi connectivity index (χ1n) is 4.76. The third-order valence-corrected chi connectivity index (χ3v) is 2.42. The molecule has 1 aromatic carbocycles. The smallest absolute Gasteiger partial charge is 0.299 e. The zero-order chi connectivity index (χ0) is 11.7. The molecular weight excluding hydrogens is 210 g/mol. The molecular formula is C11H8NO4-. The Morgan fingerprint density at radius 2 is 1.94 bits per heavy atom. The van der Waals surface area contributed by atoms with E-state index in [9.17, 15) is 19.5 Å². The average molecular weight is 218 g/mol. The molecule has 5 heteroatoms. The maximum atomic E-state index is 11.5. The number of amides is 1. The van der Waals surface area contributed by atoms with Gasteiger partial charge in [0.25, 0.3) is 11.7 Å². The average Bonchev–Trinajstić information content (AvgIpc) is 2.50. The first kappa shape index (κ1) is 10.4. The summed E-state index contributed by atoms with van der Waals surface area (Å²) in [5.74, 6) is -2.51. The molecule has 0 saturated heterocycles. The monoisotopic (exact) mass is 218 g/mol. The maximum absolute atomic E-state index is 11.5. The number of aliphatic carboxylic acids is 1. The number of carbonyl (C=O) groups is 3. The molecule has 0 N–H and O–H groups in total. The molecule has 0 bridgehead atoms. The van der Waals surface area contributed by atoms with E-state index in [1.54, 1.807) is 24.3 Å². The van der Waals surface area contributed by atoms with Gasteiger partial charge in [-0.2, -0.15) is 0 Å². The molecule has 2 rings (SSSR count). The highest BCUT2D eigenvalue weighted by atomic mass is 16.4. The van der Waals surface area contributed by atoms with Crippen molar-refractivity contribution in [1.82, 2.24) is 0 Å². The molecule has 0 spiro atoms. The number of hydrogen-bond donors (Lipinski definition) is 0. The Kier molecular flexibility index (Phi) is 2.44. The van der Waals surface area contributed by atoms with E-state index in [0.717, 1.165) is 0 Å². The van der Waals surface area contributed by atoms with Crippen molar-refractivity contribution in [2.75, 3.05) is 11.4 Å². The van der Waals surface area contributed by atoms with Gasteiger partial charge in [0.2, 0.25) is 0 Å². The molecule has 0 saturated carbocycles. The van der Waals surface area contributed by atoms with Crippen molar-refractivity contribution >= 4 is 23.3 Å². The van der Waals surface area contributed by atoms with Gasteiger partial charge in [-0.15, -0.1) is 0 Å². The van der Waals surface area contributed by atoms with E-state index >= 15 is 0 Å². The lowest BCUT2D eigenvalue weighted by Crippen LogP contribution is -2.34. The van der Waals surface area contributed by atoms with Crippen LogP contribution < -0.4 is 10.0 Å². The fourth-order valence-electron chi connectivity index (χ4n) is 1.67. The normalized spacial score (nSPS) is 14.1. The number of carboxylic acid groups (broad SMARTS) is 1. The number of ketones is 1. The SMILES string of the molecule is O=C([O-])CCN1C(=O)C(=O)c2ccccc21. The summed E-state index contributed by atoms with van der Waals surface area (Å²) in [7, 11) is 0. The lowest BCUT2D eigenvalue weighted by atomic mass is 10.1. The summed E-state index contributed by atoms with van der Waals surface area (Å²) in [6.07, 6.45) is -0.284. The minimum Gasteiger partial charge on any atom is -0.550 e. The number of hydrogen-bond acceptors (Lipinski definition) is 4. The van der Waals surface area contributed by atoms with E-state index in [-0.39, 0.29) is 13.0 Å². The molecule has 1 aliphatic rings. The lowest BCUT2D eigenvalue weighted by Gasteiger charge is -2.16. The fourth-order valence-corrected chi connectivity index (χ4v) is 1.67. The Morgan fingerprint density at radius 1 is 1.25 bits per heavy atom. The van der Waals surface area contributed by atoms with E-state index in [1.165, 1.54) is 4.90 Å². The third-order valence-electron chi connectivity index (χ3n) is 2.42. The van der Waals surface area contributed by atoms with Crippen LogP contribution >= 0.6 is 0 Å². The molecule has 1 aromatic rings. The fraction of sp³-hybridized carbons (Fsp3) is 0.182. The number of nitrogens with zero attached hydrogens (tertiary/aromatic N) is 1. The minimum atomic E-state index is -1.25. The van der Waals surface area contributed by atoms with Crippen molar-refractivity contribution in [3.8, 4) is 0 Å². The Morgan fingerprint density at radius 3 is 2.62 bits per heavy atom. The minimum absolute atomic E-state index is 0.0378. The van der Waals surface area contributed by atoms with E-state index < -0.39 is 17.7 Å². The van der Waals surface area contributed by atoms with Gasteiger partial charge in [0.1, 0.15) is 0 Å². The van der Waals surface area contributed by atoms with E-state index in [4.69, 9.17) is 0 Å². The van der Waals surface area contributed by atoms with Crippen molar-refractivity contribution < 1.29 is 19.5 Å². The van der Waals surface area contributed by atoms with Gasteiger partial charge in [0, 0.05) is 18.9 Å². The van der Waals surface area contributed by atoms with Crippen molar-refractivity contribution in [3.63, 3.8) is 0 Å². The molecule has 82 valence electrons. The molecule has 1 amide bonds. The highest BCUT2D eigenvalue weighted by Crippen LogP contribution is 2.28. The lowest BCUT2D eigenvalue weighted by molar-refractivity contribution is -0.305. The Hall–Kier alpha value is -2.17. The second-order valence-corrected chi connectivity index (χ2v) is 3.43. The number of rotatable bonds is 3. The highest BCUT2D eigenvalue weighted by molar-refractivity contribution is 6.52. The molecule has 5 nitrogen and oxygen atoms in total. The van der Waals surface area contributed by atoms with Crippen LogP contribution in [0.5, 0.6) is 0 Å². The summed E-state index contributed by atoms with van der Waals surface area (Å²) < 4.78 is 0. The predicted molar refractivity (Wildman–Crippen MR) is 52.7 cm³/mol. The van der Waals surface area contributed by atoms with Gasteiger partial charge in [0.05, 0.1) is 11.3 Å². The van der Waals surface area contributed by atoms with Gasteiger partial charge in [-0.3, -0.25) is 9.59 Å². The quantitative estimate of drug-likeness (QED) is 0.632. The molecule has 0 aliphatic carbocycles. The van der Waals surface area contributed by atoms with Crippen LogP contribution in [0.4, 0.5) is 5.69 Å². The molecule has 0 atom stereocenters. The zero-order valence-corrected chi connectivity index (χ0v) is 8.30. The van der Waals surface area contributed by atoms with Crippen LogP contribution in [-0.4, -0.2) is 24.2 Å². The van der Waals surface area contributed by atoms with Crippen molar-refractivity contribution in [3.05, 3.63) is 29.8 Å². The predicted octanol–water partition coefficient (Wildman–Crippen LogP) is -0.644. The molecule has 1 heterocycles. The number of Topliss-reactive ketones (excluding diaryl/α,β-unsaturated/α-hetero) is 1. The number of para-hydroxylation sites is 1. The first-order valence-corrected chi connectivity index (χ1v) is 4.76. The van der Waals surface area contributed by atoms with Crippen LogP contribution in [-0.2, 0) is 9.59 Å². The second kappa shape index (κ2) is 3.77. The van der Waals surface area contributed by atoms with Crippen LogP contribution in [0, 0.1) is 0 Å². The van der Waals surface area contributed by atoms with E-state index in [2.05, 4.69) is 0 Å². The molecule has 16 heavy (non-hydrogen) atoms. The molecule has 0 fully saturated rings. The van der Waals surface area contributed by atoms with Crippen LogP contribution in [0.15, 0.2) is 24.3 Å². The first-order chi connectivity index (χ1) is 7.61. The standard InChI is InChI=1S/C11H9NO4/c13-9(14)5-6-12-8-4-2-1-3-7(8)10(15)11(12)16/h1-4H,5-6H2,(H,13,14)/p-1.